The molecule has 0 saturated carbocycles. The molecule has 5 heteroatoms. The van der Waals surface area contributed by atoms with Crippen LogP contribution < -0.4 is 10.1 Å². The van der Waals surface area contributed by atoms with Crippen LogP contribution in [0.2, 0.25) is 0 Å². The molecule has 1 aromatic carbocycles. The zero-order valence-corrected chi connectivity index (χ0v) is 14.9. The number of hydrogen-bond donors (Lipinski definition) is 1. The summed E-state index contributed by atoms with van der Waals surface area (Å²) < 4.78 is 5.76. The Labute approximate surface area is 149 Å². The van der Waals surface area contributed by atoms with Crippen LogP contribution in [0.15, 0.2) is 42.6 Å². The van der Waals surface area contributed by atoms with Gasteiger partial charge in [-0.05, 0) is 62.7 Å². The molecule has 1 atom stereocenters. The van der Waals surface area contributed by atoms with Crippen molar-refractivity contribution in [2.24, 2.45) is 5.92 Å². The zero-order valence-electron chi connectivity index (χ0n) is 14.9. The van der Waals surface area contributed by atoms with E-state index in [1.54, 1.807) is 6.20 Å². The average molecular weight is 339 g/mol. The van der Waals surface area contributed by atoms with Gasteiger partial charge in [0, 0.05) is 24.3 Å². The van der Waals surface area contributed by atoms with Gasteiger partial charge in [0.2, 0.25) is 0 Å². The first-order valence-electron chi connectivity index (χ1n) is 8.74. The fourth-order valence-electron chi connectivity index (χ4n) is 3.16. The Bertz CT molecular complexity index is 715. The molecule has 1 amide bonds. The predicted molar refractivity (Wildman–Crippen MR) is 97.7 cm³/mol. The predicted octanol–water partition coefficient (Wildman–Crippen LogP) is 2.65. The van der Waals surface area contributed by atoms with E-state index in [-0.39, 0.29) is 5.91 Å². The first kappa shape index (κ1) is 17.4. The molecule has 1 fully saturated rings. The van der Waals surface area contributed by atoms with Crippen LogP contribution in [0.1, 0.15) is 28.0 Å². The van der Waals surface area contributed by atoms with E-state index < -0.39 is 0 Å². The largest absolute Gasteiger partial charge is 0.487 e. The van der Waals surface area contributed by atoms with Crippen molar-refractivity contribution in [2.75, 3.05) is 26.7 Å². The fraction of sp³-hybridized carbons (Fsp3) is 0.400. The minimum absolute atomic E-state index is 0.109. The normalized spacial score (nSPS) is 16.9. The number of aromatic nitrogens is 1. The smallest absolute Gasteiger partial charge is 0.253 e. The van der Waals surface area contributed by atoms with Gasteiger partial charge in [-0.15, -0.1) is 0 Å². The van der Waals surface area contributed by atoms with Crippen molar-refractivity contribution in [3.63, 3.8) is 0 Å². The zero-order chi connectivity index (χ0) is 17.6. The van der Waals surface area contributed by atoms with E-state index in [4.69, 9.17) is 4.74 Å². The second kappa shape index (κ2) is 8.12. The molecular weight excluding hydrogens is 314 g/mol. The monoisotopic (exact) mass is 339 g/mol. The third-order valence-corrected chi connectivity index (χ3v) is 4.53. The Hall–Kier alpha value is -2.40. The number of nitrogens with zero attached hydrogens (tertiary/aromatic N) is 2. The molecule has 1 saturated heterocycles. The SMILES string of the molecule is CNCC1CCN(C(=O)c2cccc(COc3ccc(C)nc3)c2)C1. The van der Waals surface area contributed by atoms with Crippen LogP contribution >= 0.6 is 0 Å². The van der Waals surface area contributed by atoms with Crippen molar-refractivity contribution in [2.45, 2.75) is 20.0 Å². The first-order valence-corrected chi connectivity index (χ1v) is 8.74. The summed E-state index contributed by atoms with van der Waals surface area (Å²) in [4.78, 5) is 18.9. The molecule has 1 aliphatic rings. The molecule has 1 aromatic heterocycles. The summed E-state index contributed by atoms with van der Waals surface area (Å²) in [5, 5.41) is 3.19. The first-order chi connectivity index (χ1) is 12.2. The summed E-state index contributed by atoms with van der Waals surface area (Å²) in [6.45, 7) is 4.99. The lowest BCUT2D eigenvalue weighted by molar-refractivity contribution is 0.0787. The number of pyridine rings is 1. The number of benzene rings is 1. The molecule has 3 rings (SSSR count). The highest BCUT2D eigenvalue weighted by Gasteiger charge is 2.26. The number of ether oxygens (including phenoxy) is 1. The lowest BCUT2D eigenvalue weighted by atomic mass is 10.1. The highest BCUT2D eigenvalue weighted by Crippen LogP contribution is 2.19. The molecular formula is C20H25N3O2. The van der Waals surface area contributed by atoms with Crippen LogP contribution in [0.4, 0.5) is 0 Å². The van der Waals surface area contributed by atoms with Crippen molar-refractivity contribution in [1.82, 2.24) is 15.2 Å². The second-order valence-electron chi connectivity index (χ2n) is 6.59. The van der Waals surface area contributed by atoms with E-state index in [1.807, 2.05) is 55.3 Å². The molecule has 1 aliphatic heterocycles. The lowest BCUT2D eigenvalue weighted by Crippen LogP contribution is -2.30. The second-order valence-corrected chi connectivity index (χ2v) is 6.59. The number of carbonyl (C=O) groups excluding carboxylic acids is 1. The van der Waals surface area contributed by atoms with Crippen LogP contribution in [-0.4, -0.2) is 42.5 Å². The van der Waals surface area contributed by atoms with Crippen LogP contribution in [0, 0.1) is 12.8 Å². The lowest BCUT2D eigenvalue weighted by Gasteiger charge is -2.17. The van der Waals surface area contributed by atoms with Gasteiger partial charge in [-0.1, -0.05) is 12.1 Å². The van der Waals surface area contributed by atoms with Gasteiger partial charge in [-0.2, -0.15) is 0 Å². The van der Waals surface area contributed by atoms with E-state index in [1.165, 1.54) is 0 Å². The highest BCUT2D eigenvalue weighted by atomic mass is 16.5. The van der Waals surface area contributed by atoms with Gasteiger partial charge in [0.15, 0.2) is 0 Å². The van der Waals surface area contributed by atoms with Crippen molar-refractivity contribution in [3.05, 3.63) is 59.4 Å². The Kier molecular flexibility index (Phi) is 5.66. The van der Waals surface area contributed by atoms with E-state index in [9.17, 15) is 4.79 Å². The number of likely N-dealkylation sites (tertiary alicyclic amines) is 1. The molecule has 0 radical (unpaired) electrons. The van der Waals surface area contributed by atoms with Crippen LogP contribution in [0.3, 0.4) is 0 Å². The third-order valence-electron chi connectivity index (χ3n) is 4.53. The van der Waals surface area contributed by atoms with Crippen molar-refractivity contribution in [1.29, 1.82) is 0 Å². The Morgan fingerprint density at radius 3 is 3.00 bits per heavy atom. The molecule has 132 valence electrons. The number of amides is 1. The quantitative estimate of drug-likeness (QED) is 0.879. The Morgan fingerprint density at radius 2 is 2.24 bits per heavy atom. The van der Waals surface area contributed by atoms with Gasteiger partial charge in [0.05, 0.1) is 6.20 Å². The van der Waals surface area contributed by atoms with Crippen molar-refractivity contribution >= 4 is 5.91 Å². The van der Waals surface area contributed by atoms with Crippen LogP contribution in [-0.2, 0) is 6.61 Å². The van der Waals surface area contributed by atoms with E-state index in [0.29, 0.717) is 12.5 Å². The molecule has 0 bridgehead atoms. The van der Waals surface area contributed by atoms with E-state index >= 15 is 0 Å². The van der Waals surface area contributed by atoms with Gasteiger partial charge in [-0.25, -0.2) is 0 Å². The van der Waals surface area contributed by atoms with Gasteiger partial charge in [-0.3, -0.25) is 9.78 Å². The number of aryl methyl sites for hydroxylation is 1. The summed E-state index contributed by atoms with van der Waals surface area (Å²) in [7, 11) is 1.96. The standard InChI is InChI=1S/C20H25N3O2/c1-15-6-7-19(12-22-15)25-14-16-4-3-5-18(10-16)20(24)23-9-8-17(13-23)11-21-2/h3-7,10,12,17,21H,8-9,11,13-14H2,1-2H3. The van der Waals surface area contributed by atoms with Gasteiger partial charge in [0.25, 0.3) is 5.91 Å². The summed E-state index contributed by atoms with van der Waals surface area (Å²) in [5.74, 6) is 1.39. The van der Waals surface area contributed by atoms with E-state index in [2.05, 4.69) is 10.3 Å². The molecule has 2 heterocycles. The van der Waals surface area contributed by atoms with Crippen LogP contribution in [0.5, 0.6) is 5.75 Å². The average Bonchev–Trinajstić information content (AvgIpc) is 3.10. The molecule has 1 N–H and O–H groups in total. The van der Waals surface area contributed by atoms with Gasteiger partial charge in [0.1, 0.15) is 12.4 Å². The third kappa shape index (κ3) is 4.57. The van der Waals surface area contributed by atoms with Crippen molar-refractivity contribution < 1.29 is 9.53 Å². The van der Waals surface area contributed by atoms with Crippen LogP contribution in [0.25, 0.3) is 0 Å². The molecule has 5 nitrogen and oxygen atoms in total. The highest BCUT2D eigenvalue weighted by molar-refractivity contribution is 5.94. The summed E-state index contributed by atoms with van der Waals surface area (Å²) >= 11 is 0. The summed E-state index contributed by atoms with van der Waals surface area (Å²) in [5.41, 5.74) is 2.67. The Morgan fingerprint density at radius 1 is 1.36 bits per heavy atom. The summed E-state index contributed by atoms with van der Waals surface area (Å²) in [6.07, 6.45) is 2.78. The minimum Gasteiger partial charge on any atom is -0.487 e. The van der Waals surface area contributed by atoms with Crippen molar-refractivity contribution in [3.8, 4) is 5.75 Å². The molecule has 0 aliphatic carbocycles. The minimum atomic E-state index is 0.109. The molecule has 25 heavy (non-hydrogen) atoms. The van der Waals surface area contributed by atoms with Gasteiger partial charge < -0.3 is 15.0 Å². The van der Waals surface area contributed by atoms with Gasteiger partial charge >= 0.3 is 0 Å². The topological polar surface area (TPSA) is 54.5 Å². The summed E-state index contributed by atoms with van der Waals surface area (Å²) in [6, 6.07) is 11.5. The maximum atomic E-state index is 12.7. The fourth-order valence-corrected chi connectivity index (χ4v) is 3.16. The number of nitrogens with one attached hydrogen (secondary N) is 1. The van der Waals surface area contributed by atoms with E-state index in [0.717, 1.165) is 48.6 Å². The number of hydrogen-bond acceptors (Lipinski definition) is 4. The molecule has 0 spiro atoms. The number of carbonyl (C=O) groups is 1. The Balaban J connectivity index is 1.61. The molecule has 2 aromatic rings. The molecule has 1 unspecified atom stereocenters. The number of rotatable bonds is 6. The maximum Gasteiger partial charge on any atom is 0.253 e. The maximum absolute atomic E-state index is 12.7.